The molecule has 3 aliphatic rings. The molecule has 2 fully saturated rings. The third-order valence-corrected chi connectivity index (χ3v) is 5.73. The Morgan fingerprint density at radius 3 is 2.43 bits per heavy atom. The fraction of sp³-hybridized carbons (Fsp3) is 0.600. The third-order valence-electron chi connectivity index (χ3n) is 5.73. The molecule has 0 aromatic heterocycles. The van der Waals surface area contributed by atoms with Gasteiger partial charge in [0.2, 0.25) is 6.79 Å². The number of nitrogens with zero attached hydrogens (tertiary/aromatic N) is 3. The quantitative estimate of drug-likeness (QED) is 0.785. The molecule has 1 aromatic rings. The molecular formula is C20H27N3O5. The topological polar surface area (TPSA) is 71.6 Å². The molecule has 0 saturated carbocycles. The molecule has 152 valence electrons. The maximum absolute atomic E-state index is 12.8. The first-order chi connectivity index (χ1) is 13.7. The number of benzene rings is 1. The van der Waals surface area contributed by atoms with Crippen LogP contribution in [0, 0.1) is 0 Å². The molecule has 0 bridgehead atoms. The standard InChI is InChI=1S/C20H27N3O5/c1-2-26-20(25)23-7-5-16(6-8-23)21-9-11-22(12-10-21)19(24)15-3-4-17-18(13-15)28-14-27-17/h3-4,13,16H,2,5-12,14H2,1H3. The van der Waals surface area contributed by atoms with Gasteiger partial charge in [0.05, 0.1) is 6.61 Å². The number of hydrogen-bond donors (Lipinski definition) is 0. The molecule has 2 saturated heterocycles. The van der Waals surface area contributed by atoms with Gasteiger partial charge in [-0.1, -0.05) is 0 Å². The van der Waals surface area contributed by atoms with Gasteiger partial charge in [0.15, 0.2) is 11.5 Å². The minimum absolute atomic E-state index is 0.0371. The molecule has 0 aliphatic carbocycles. The van der Waals surface area contributed by atoms with Crippen molar-refractivity contribution in [2.45, 2.75) is 25.8 Å². The maximum atomic E-state index is 12.8. The highest BCUT2D eigenvalue weighted by Gasteiger charge is 2.31. The average molecular weight is 389 g/mol. The van der Waals surface area contributed by atoms with Crippen LogP contribution in [0.2, 0.25) is 0 Å². The number of rotatable bonds is 3. The van der Waals surface area contributed by atoms with E-state index in [0.29, 0.717) is 42.8 Å². The predicted octanol–water partition coefficient (Wildman–Crippen LogP) is 1.79. The maximum Gasteiger partial charge on any atom is 0.409 e. The van der Waals surface area contributed by atoms with Crippen molar-refractivity contribution in [1.29, 1.82) is 0 Å². The number of piperazine rings is 1. The Balaban J connectivity index is 1.27. The summed E-state index contributed by atoms with van der Waals surface area (Å²) in [6.45, 7) is 7.07. The Labute approximate surface area is 164 Å². The lowest BCUT2D eigenvalue weighted by atomic mass is 10.0. The summed E-state index contributed by atoms with van der Waals surface area (Å²) < 4.78 is 15.8. The van der Waals surface area contributed by atoms with Gasteiger partial charge in [0.1, 0.15) is 0 Å². The molecule has 0 spiro atoms. The molecule has 3 aliphatic heterocycles. The summed E-state index contributed by atoms with van der Waals surface area (Å²) in [5.74, 6) is 1.36. The van der Waals surface area contributed by atoms with E-state index in [1.54, 1.807) is 23.1 Å². The van der Waals surface area contributed by atoms with E-state index in [0.717, 1.165) is 39.0 Å². The predicted molar refractivity (Wildman–Crippen MR) is 102 cm³/mol. The van der Waals surface area contributed by atoms with E-state index >= 15 is 0 Å². The van der Waals surface area contributed by atoms with Gasteiger partial charge < -0.3 is 24.0 Å². The summed E-state index contributed by atoms with van der Waals surface area (Å²) >= 11 is 0. The highest BCUT2D eigenvalue weighted by molar-refractivity contribution is 5.95. The first-order valence-corrected chi connectivity index (χ1v) is 10.0. The van der Waals surface area contributed by atoms with Crippen molar-refractivity contribution in [2.75, 3.05) is 52.7 Å². The highest BCUT2D eigenvalue weighted by Crippen LogP contribution is 2.33. The zero-order valence-electron chi connectivity index (χ0n) is 16.3. The average Bonchev–Trinajstić information content (AvgIpc) is 3.21. The fourth-order valence-electron chi connectivity index (χ4n) is 4.13. The molecule has 2 amide bonds. The number of carbonyl (C=O) groups excluding carboxylic acids is 2. The van der Waals surface area contributed by atoms with Crippen LogP contribution < -0.4 is 9.47 Å². The van der Waals surface area contributed by atoms with Crippen molar-refractivity contribution >= 4 is 12.0 Å². The van der Waals surface area contributed by atoms with Crippen LogP contribution in [0.3, 0.4) is 0 Å². The number of hydrogen-bond acceptors (Lipinski definition) is 6. The van der Waals surface area contributed by atoms with Crippen molar-refractivity contribution in [2.24, 2.45) is 0 Å². The molecule has 3 heterocycles. The lowest BCUT2D eigenvalue weighted by Gasteiger charge is -2.42. The van der Waals surface area contributed by atoms with E-state index in [-0.39, 0.29) is 18.8 Å². The fourth-order valence-corrected chi connectivity index (χ4v) is 4.13. The van der Waals surface area contributed by atoms with Gasteiger partial charge in [-0.2, -0.15) is 0 Å². The van der Waals surface area contributed by atoms with Gasteiger partial charge in [0, 0.05) is 50.9 Å². The van der Waals surface area contributed by atoms with Crippen LogP contribution in [-0.2, 0) is 4.74 Å². The minimum atomic E-state index is -0.208. The van der Waals surface area contributed by atoms with E-state index in [2.05, 4.69) is 4.90 Å². The number of carbonyl (C=O) groups is 2. The number of piperidine rings is 1. The van der Waals surface area contributed by atoms with Gasteiger partial charge in [0.25, 0.3) is 5.91 Å². The summed E-state index contributed by atoms with van der Waals surface area (Å²) in [5, 5.41) is 0. The van der Waals surface area contributed by atoms with Crippen molar-refractivity contribution in [3.8, 4) is 11.5 Å². The van der Waals surface area contributed by atoms with Crippen LogP contribution >= 0.6 is 0 Å². The number of likely N-dealkylation sites (tertiary alicyclic amines) is 1. The smallest absolute Gasteiger partial charge is 0.409 e. The van der Waals surface area contributed by atoms with E-state index in [1.165, 1.54) is 0 Å². The Kier molecular flexibility index (Phi) is 5.57. The number of amides is 2. The molecular weight excluding hydrogens is 362 g/mol. The van der Waals surface area contributed by atoms with Gasteiger partial charge in [-0.15, -0.1) is 0 Å². The van der Waals surface area contributed by atoms with Gasteiger partial charge in [-0.05, 0) is 38.0 Å². The van der Waals surface area contributed by atoms with Crippen LogP contribution in [0.25, 0.3) is 0 Å². The van der Waals surface area contributed by atoms with Crippen molar-refractivity contribution < 1.29 is 23.8 Å². The van der Waals surface area contributed by atoms with Crippen molar-refractivity contribution in [3.63, 3.8) is 0 Å². The Morgan fingerprint density at radius 2 is 1.71 bits per heavy atom. The highest BCUT2D eigenvalue weighted by atomic mass is 16.7. The Morgan fingerprint density at radius 1 is 1.00 bits per heavy atom. The van der Waals surface area contributed by atoms with E-state index in [4.69, 9.17) is 14.2 Å². The van der Waals surface area contributed by atoms with Crippen LogP contribution in [0.4, 0.5) is 4.79 Å². The molecule has 0 N–H and O–H groups in total. The molecule has 8 heteroatoms. The number of ether oxygens (including phenoxy) is 3. The summed E-state index contributed by atoms with van der Waals surface area (Å²) in [6, 6.07) is 5.83. The van der Waals surface area contributed by atoms with Crippen LogP contribution in [-0.4, -0.2) is 85.4 Å². The van der Waals surface area contributed by atoms with E-state index in [1.807, 2.05) is 11.8 Å². The summed E-state index contributed by atoms with van der Waals surface area (Å²) in [7, 11) is 0. The molecule has 28 heavy (non-hydrogen) atoms. The van der Waals surface area contributed by atoms with Crippen molar-refractivity contribution in [1.82, 2.24) is 14.7 Å². The first kappa shape index (κ1) is 18.9. The first-order valence-electron chi connectivity index (χ1n) is 10.0. The zero-order valence-corrected chi connectivity index (χ0v) is 16.3. The molecule has 1 aromatic carbocycles. The normalized spacial score (nSPS) is 20.3. The Bertz CT molecular complexity index is 725. The molecule has 4 rings (SSSR count). The Hall–Kier alpha value is -2.48. The number of fused-ring (bicyclic) bond motifs is 1. The summed E-state index contributed by atoms with van der Waals surface area (Å²) in [4.78, 5) is 30.8. The second-order valence-electron chi connectivity index (χ2n) is 7.31. The second-order valence-corrected chi connectivity index (χ2v) is 7.31. The molecule has 0 radical (unpaired) electrons. The zero-order chi connectivity index (χ0) is 19.5. The van der Waals surface area contributed by atoms with Crippen LogP contribution in [0.15, 0.2) is 18.2 Å². The SMILES string of the molecule is CCOC(=O)N1CCC(N2CCN(C(=O)c3ccc4c(c3)OCO4)CC2)CC1. The second kappa shape index (κ2) is 8.26. The van der Waals surface area contributed by atoms with Crippen molar-refractivity contribution in [3.05, 3.63) is 23.8 Å². The van der Waals surface area contributed by atoms with Gasteiger partial charge in [-0.3, -0.25) is 9.69 Å². The molecule has 8 nitrogen and oxygen atoms in total. The summed E-state index contributed by atoms with van der Waals surface area (Å²) in [5.41, 5.74) is 0.639. The lowest BCUT2D eigenvalue weighted by Crippen LogP contribution is -2.54. The molecule has 0 unspecified atom stereocenters. The minimum Gasteiger partial charge on any atom is -0.454 e. The van der Waals surface area contributed by atoms with E-state index < -0.39 is 0 Å². The van der Waals surface area contributed by atoms with E-state index in [9.17, 15) is 9.59 Å². The van der Waals surface area contributed by atoms with Crippen LogP contribution in [0.5, 0.6) is 11.5 Å². The summed E-state index contributed by atoms with van der Waals surface area (Å²) in [6.07, 6.45) is 1.70. The third kappa shape index (κ3) is 3.87. The van der Waals surface area contributed by atoms with Gasteiger partial charge in [-0.25, -0.2) is 4.79 Å². The van der Waals surface area contributed by atoms with Gasteiger partial charge >= 0.3 is 6.09 Å². The monoisotopic (exact) mass is 389 g/mol. The largest absolute Gasteiger partial charge is 0.454 e. The van der Waals surface area contributed by atoms with Crippen LogP contribution in [0.1, 0.15) is 30.1 Å². The molecule has 0 atom stereocenters. The lowest BCUT2D eigenvalue weighted by molar-refractivity contribution is 0.0417.